The van der Waals surface area contributed by atoms with Crippen molar-refractivity contribution >= 4 is 11.7 Å². The number of rotatable bonds is 4. The molecule has 0 aliphatic rings. The Morgan fingerprint density at radius 3 is 2.55 bits per heavy atom. The quantitative estimate of drug-likeness (QED) is 0.107. The van der Waals surface area contributed by atoms with Gasteiger partial charge < -0.3 is 11.5 Å². The molecule has 0 spiro atoms. The second-order valence-electron chi connectivity index (χ2n) is 2.18. The maximum absolute atomic E-state index is 10.7. The molecule has 0 aliphatic carbocycles. The van der Waals surface area contributed by atoms with Gasteiger partial charge in [0.05, 0.1) is 11.9 Å². The summed E-state index contributed by atoms with van der Waals surface area (Å²) < 4.78 is 0. The van der Waals surface area contributed by atoms with Gasteiger partial charge in [-0.15, -0.1) is 0 Å². The molecule has 1 unspecified atom stereocenters. The molecular weight excluding hydrogens is 146 g/mol. The highest BCUT2D eigenvalue weighted by Crippen LogP contribution is 1.92. The van der Waals surface area contributed by atoms with Crippen LogP contribution in [-0.4, -0.2) is 17.8 Å². The number of hydrazine groups is 1. The Morgan fingerprint density at radius 2 is 2.18 bits per heavy atom. The summed E-state index contributed by atoms with van der Waals surface area (Å²) in [6.45, 7) is 0. The molecule has 0 fully saturated rings. The second kappa shape index (κ2) is 4.64. The van der Waals surface area contributed by atoms with Crippen molar-refractivity contribution in [2.45, 2.75) is 18.9 Å². The number of nitrogens with one attached hydrogen (secondary N) is 2. The van der Waals surface area contributed by atoms with Gasteiger partial charge in [0.1, 0.15) is 0 Å². The summed E-state index contributed by atoms with van der Waals surface area (Å²) in [5.41, 5.74) is 12.3. The van der Waals surface area contributed by atoms with Gasteiger partial charge in [0, 0.05) is 6.42 Å². The van der Waals surface area contributed by atoms with Crippen LogP contribution in [0.15, 0.2) is 0 Å². The first-order valence-corrected chi connectivity index (χ1v) is 3.17. The summed E-state index contributed by atoms with van der Waals surface area (Å²) in [7, 11) is 0. The van der Waals surface area contributed by atoms with Crippen LogP contribution in [0.5, 0.6) is 0 Å². The van der Waals surface area contributed by atoms with E-state index in [-0.39, 0.29) is 5.84 Å². The molecule has 0 aromatic rings. The third kappa shape index (κ3) is 4.29. The molecule has 0 rings (SSSR count). The van der Waals surface area contributed by atoms with Crippen molar-refractivity contribution in [3.63, 3.8) is 0 Å². The number of hydrogen-bond acceptors (Lipinski definition) is 4. The summed E-state index contributed by atoms with van der Waals surface area (Å²) >= 11 is 0. The summed E-state index contributed by atoms with van der Waals surface area (Å²) in [4.78, 5) is 10.7. The molecule has 11 heavy (non-hydrogen) atoms. The molecule has 64 valence electrons. The van der Waals surface area contributed by atoms with Crippen molar-refractivity contribution in [1.29, 1.82) is 5.41 Å². The molecule has 0 saturated carbocycles. The van der Waals surface area contributed by atoms with Gasteiger partial charge >= 0.3 is 0 Å². The summed E-state index contributed by atoms with van der Waals surface area (Å²) in [5.74, 6) is 4.39. The van der Waals surface area contributed by atoms with E-state index in [1.807, 2.05) is 5.43 Å². The number of hydrogen-bond donors (Lipinski definition) is 5. The first-order valence-electron chi connectivity index (χ1n) is 3.17. The average molecular weight is 159 g/mol. The minimum atomic E-state index is -0.677. The zero-order valence-corrected chi connectivity index (χ0v) is 6.13. The molecule has 0 saturated heterocycles. The van der Waals surface area contributed by atoms with Gasteiger partial charge in [0.15, 0.2) is 0 Å². The Balaban J connectivity index is 3.60. The molecule has 6 heteroatoms. The van der Waals surface area contributed by atoms with Crippen molar-refractivity contribution < 1.29 is 4.79 Å². The van der Waals surface area contributed by atoms with Crippen LogP contribution < -0.4 is 22.7 Å². The van der Waals surface area contributed by atoms with E-state index in [4.69, 9.17) is 22.7 Å². The predicted octanol–water partition coefficient (Wildman–Crippen LogP) is -1.98. The number of nitrogens with two attached hydrogens (primary N) is 3. The molecule has 0 bridgehead atoms. The van der Waals surface area contributed by atoms with Crippen LogP contribution >= 0.6 is 0 Å². The maximum atomic E-state index is 10.7. The third-order valence-corrected chi connectivity index (χ3v) is 1.20. The van der Waals surface area contributed by atoms with Gasteiger partial charge in [-0.2, -0.15) is 0 Å². The van der Waals surface area contributed by atoms with E-state index in [1.165, 1.54) is 0 Å². The Labute approximate surface area is 64.6 Å². The zero-order chi connectivity index (χ0) is 8.85. The number of amidine groups is 1. The monoisotopic (exact) mass is 159 g/mol. The van der Waals surface area contributed by atoms with Gasteiger partial charge in [-0.25, -0.2) is 5.84 Å². The fraction of sp³-hybridized carbons (Fsp3) is 0.600. The van der Waals surface area contributed by atoms with E-state index in [1.54, 1.807) is 0 Å². The molecular formula is C5H13N5O. The van der Waals surface area contributed by atoms with Crippen LogP contribution in [-0.2, 0) is 4.79 Å². The molecule has 0 aromatic heterocycles. The topological polar surface area (TPSA) is 131 Å². The fourth-order valence-electron chi connectivity index (χ4n) is 0.549. The maximum Gasteiger partial charge on any atom is 0.250 e. The average Bonchev–Trinajstić information content (AvgIpc) is 1.98. The minimum Gasteiger partial charge on any atom is -0.388 e. The highest BCUT2D eigenvalue weighted by Gasteiger charge is 2.10. The van der Waals surface area contributed by atoms with E-state index >= 15 is 0 Å². The van der Waals surface area contributed by atoms with Crippen LogP contribution in [0.2, 0.25) is 0 Å². The summed E-state index contributed by atoms with van der Waals surface area (Å²) in [6.07, 6.45) is 0.660. The fourth-order valence-corrected chi connectivity index (χ4v) is 0.549. The summed E-state index contributed by atoms with van der Waals surface area (Å²) in [6, 6.07) is -0.677. The van der Waals surface area contributed by atoms with Crippen molar-refractivity contribution in [2.24, 2.45) is 17.3 Å². The number of carbonyl (C=O) groups is 1. The second-order valence-corrected chi connectivity index (χ2v) is 2.18. The van der Waals surface area contributed by atoms with Crippen LogP contribution in [0.25, 0.3) is 0 Å². The zero-order valence-electron chi connectivity index (χ0n) is 6.13. The van der Waals surface area contributed by atoms with Crippen LogP contribution in [0.1, 0.15) is 12.8 Å². The van der Waals surface area contributed by atoms with E-state index in [0.29, 0.717) is 12.8 Å². The van der Waals surface area contributed by atoms with Crippen molar-refractivity contribution in [2.75, 3.05) is 0 Å². The minimum absolute atomic E-state index is 0.0188. The molecule has 0 radical (unpaired) electrons. The van der Waals surface area contributed by atoms with E-state index in [2.05, 4.69) is 0 Å². The van der Waals surface area contributed by atoms with Gasteiger partial charge in [-0.1, -0.05) is 0 Å². The first-order chi connectivity index (χ1) is 5.07. The summed E-state index contributed by atoms with van der Waals surface area (Å²) in [5, 5.41) is 6.84. The smallest absolute Gasteiger partial charge is 0.250 e. The molecule has 0 heterocycles. The van der Waals surface area contributed by atoms with Crippen molar-refractivity contribution in [1.82, 2.24) is 5.43 Å². The lowest BCUT2D eigenvalue weighted by atomic mass is 10.1. The third-order valence-electron chi connectivity index (χ3n) is 1.20. The highest BCUT2D eigenvalue weighted by atomic mass is 16.2. The van der Waals surface area contributed by atoms with Crippen molar-refractivity contribution in [3.8, 4) is 0 Å². The molecule has 0 aromatic carbocycles. The Morgan fingerprint density at radius 1 is 1.64 bits per heavy atom. The first kappa shape index (κ1) is 9.86. The SMILES string of the molecule is N=C(N)CCC(N)C(=O)NN. The van der Waals surface area contributed by atoms with Gasteiger partial charge in [0.25, 0.3) is 5.91 Å². The Bertz CT molecular complexity index is 157. The lowest BCUT2D eigenvalue weighted by Gasteiger charge is -2.07. The number of amides is 1. The van der Waals surface area contributed by atoms with Crippen LogP contribution in [0.4, 0.5) is 0 Å². The van der Waals surface area contributed by atoms with Crippen LogP contribution in [0.3, 0.4) is 0 Å². The molecule has 8 N–H and O–H groups in total. The molecule has 1 amide bonds. The lowest BCUT2D eigenvalue weighted by molar-refractivity contribution is -0.122. The predicted molar refractivity (Wildman–Crippen MR) is 41.5 cm³/mol. The molecule has 1 atom stereocenters. The van der Waals surface area contributed by atoms with E-state index in [0.717, 1.165) is 0 Å². The Hall–Kier alpha value is -1.14. The van der Waals surface area contributed by atoms with Gasteiger partial charge in [-0.3, -0.25) is 15.6 Å². The Kier molecular flexibility index (Phi) is 4.16. The normalized spacial score (nSPS) is 12.2. The van der Waals surface area contributed by atoms with Gasteiger partial charge in [0.2, 0.25) is 0 Å². The van der Waals surface area contributed by atoms with Gasteiger partial charge in [-0.05, 0) is 6.42 Å². The highest BCUT2D eigenvalue weighted by molar-refractivity contribution is 5.82. The van der Waals surface area contributed by atoms with Crippen molar-refractivity contribution in [3.05, 3.63) is 0 Å². The molecule has 0 aliphatic heterocycles. The van der Waals surface area contributed by atoms with E-state index in [9.17, 15) is 4.79 Å². The lowest BCUT2D eigenvalue weighted by Crippen LogP contribution is -2.44. The van der Waals surface area contributed by atoms with E-state index < -0.39 is 11.9 Å². The standard InChI is InChI=1S/C5H13N5O/c6-3(5(11)10-9)1-2-4(7)8/h3H,1-2,6,9H2,(H3,7,8)(H,10,11). The largest absolute Gasteiger partial charge is 0.388 e. The number of carbonyl (C=O) groups excluding carboxylic acids is 1. The molecule has 6 nitrogen and oxygen atoms in total. The van der Waals surface area contributed by atoms with Crippen LogP contribution in [0, 0.1) is 5.41 Å².